The van der Waals surface area contributed by atoms with E-state index in [1.165, 1.54) is 0 Å². The Morgan fingerprint density at radius 1 is 1.38 bits per heavy atom. The van der Waals surface area contributed by atoms with E-state index in [1.807, 2.05) is 0 Å². The van der Waals surface area contributed by atoms with E-state index in [4.69, 9.17) is 15.6 Å². The van der Waals surface area contributed by atoms with Crippen molar-refractivity contribution in [1.82, 2.24) is 5.32 Å². The maximum absolute atomic E-state index is 7.80. The largest absolute Gasteiger partial charge is 0.425 e. The lowest BCUT2D eigenvalue weighted by atomic mass is 9.98. The van der Waals surface area contributed by atoms with Gasteiger partial charge in [0.2, 0.25) is 5.90 Å². The predicted molar refractivity (Wildman–Crippen MR) is 66.1 cm³/mol. The first kappa shape index (κ1) is 12.6. The molecule has 0 amide bonds. The van der Waals surface area contributed by atoms with Gasteiger partial charge in [0.25, 0.3) is 0 Å². The summed E-state index contributed by atoms with van der Waals surface area (Å²) in [6, 6.07) is 0. The maximum atomic E-state index is 7.80. The molecule has 0 aromatic heterocycles. The van der Waals surface area contributed by atoms with Crippen LogP contribution in [0.15, 0.2) is 24.3 Å². The standard InChI is InChI=1S/C12H19N3O/c1-3-4-9(2)11(13)16-12(14)10-5-7-15-8-6-10/h3-4,10,13-15H,1,5-8H2,2H3/b9-4+,13-11?,14-12?. The Balaban J connectivity index is 2.47. The average Bonchev–Trinajstić information content (AvgIpc) is 2.30. The quantitative estimate of drug-likeness (QED) is 0.388. The third kappa shape index (κ3) is 3.62. The Kier molecular flexibility index (Phi) is 4.92. The van der Waals surface area contributed by atoms with Crippen LogP contribution in [0.5, 0.6) is 0 Å². The highest BCUT2D eigenvalue weighted by Gasteiger charge is 2.20. The fraction of sp³-hybridized carbons (Fsp3) is 0.500. The van der Waals surface area contributed by atoms with E-state index in [9.17, 15) is 0 Å². The molecule has 0 aromatic rings. The van der Waals surface area contributed by atoms with Gasteiger partial charge in [-0.15, -0.1) is 0 Å². The van der Waals surface area contributed by atoms with Crippen LogP contribution in [0.1, 0.15) is 19.8 Å². The van der Waals surface area contributed by atoms with E-state index in [2.05, 4.69) is 11.9 Å². The van der Waals surface area contributed by atoms with Gasteiger partial charge in [0, 0.05) is 11.5 Å². The first-order chi connectivity index (χ1) is 7.65. The minimum absolute atomic E-state index is 0.0448. The second kappa shape index (κ2) is 6.23. The van der Waals surface area contributed by atoms with Gasteiger partial charge in [0.1, 0.15) is 0 Å². The Morgan fingerprint density at radius 2 is 2.00 bits per heavy atom. The van der Waals surface area contributed by atoms with Gasteiger partial charge in [-0.05, 0) is 32.9 Å². The number of piperidine rings is 1. The van der Waals surface area contributed by atoms with Crippen LogP contribution in [0, 0.1) is 16.7 Å². The lowest BCUT2D eigenvalue weighted by Crippen LogP contribution is -2.33. The van der Waals surface area contributed by atoms with Crippen LogP contribution in [-0.2, 0) is 4.74 Å². The van der Waals surface area contributed by atoms with Crippen LogP contribution in [0.4, 0.5) is 0 Å². The summed E-state index contributed by atoms with van der Waals surface area (Å²) in [5, 5.41) is 18.7. The first-order valence-corrected chi connectivity index (χ1v) is 5.50. The van der Waals surface area contributed by atoms with Crippen molar-refractivity contribution < 1.29 is 4.74 Å². The molecular weight excluding hydrogens is 202 g/mol. The smallest absolute Gasteiger partial charge is 0.216 e. The van der Waals surface area contributed by atoms with Crippen molar-refractivity contribution in [3.05, 3.63) is 24.3 Å². The zero-order valence-electron chi connectivity index (χ0n) is 9.68. The van der Waals surface area contributed by atoms with Crippen LogP contribution in [-0.4, -0.2) is 24.9 Å². The zero-order chi connectivity index (χ0) is 12.0. The lowest BCUT2D eigenvalue weighted by Gasteiger charge is -2.23. The van der Waals surface area contributed by atoms with Crippen molar-refractivity contribution in [1.29, 1.82) is 10.8 Å². The van der Waals surface area contributed by atoms with E-state index in [1.54, 1.807) is 19.1 Å². The molecule has 0 bridgehead atoms. The van der Waals surface area contributed by atoms with Gasteiger partial charge in [-0.1, -0.05) is 18.7 Å². The molecule has 0 aromatic carbocycles. The summed E-state index contributed by atoms with van der Waals surface area (Å²) >= 11 is 0. The molecule has 16 heavy (non-hydrogen) atoms. The van der Waals surface area contributed by atoms with Crippen LogP contribution in [0.25, 0.3) is 0 Å². The molecule has 4 heteroatoms. The number of hydrogen-bond donors (Lipinski definition) is 3. The minimum atomic E-state index is 0.0448. The second-order valence-corrected chi connectivity index (χ2v) is 3.91. The highest BCUT2D eigenvalue weighted by molar-refractivity contribution is 5.99. The summed E-state index contributed by atoms with van der Waals surface area (Å²) in [6.07, 6.45) is 5.14. The van der Waals surface area contributed by atoms with Crippen molar-refractivity contribution in [3.8, 4) is 0 Å². The third-order valence-electron chi connectivity index (χ3n) is 2.65. The van der Waals surface area contributed by atoms with Gasteiger partial charge in [-0.25, -0.2) is 0 Å². The molecule has 0 aliphatic carbocycles. The van der Waals surface area contributed by atoms with Crippen LogP contribution < -0.4 is 5.32 Å². The lowest BCUT2D eigenvalue weighted by molar-refractivity contribution is 0.391. The molecule has 1 fully saturated rings. The van der Waals surface area contributed by atoms with E-state index in [-0.39, 0.29) is 17.7 Å². The van der Waals surface area contributed by atoms with Crippen molar-refractivity contribution in [2.45, 2.75) is 19.8 Å². The van der Waals surface area contributed by atoms with E-state index >= 15 is 0 Å². The monoisotopic (exact) mass is 221 g/mol. The molecule has 0 saturated carbocycles. The highest BCUT2D eigenvalue weighted by atomic mass is 16.5. The first-order valence-electron chi connectivity index (χ1n) is 5.50. The Bertz CT molecular complexity index is 314. The highest BCUT2D eigenvalue weighted by Crippen LogP contribution is 2.14. The molecule has 3 N–H and O–H groups in total. The van der Waals surface area contributed by atoms with Gasteiger partial charge in [0.15, 0.2) is 5.90 Å². The Hall–Kier alpha value is -1.42. The minimum Gasteiger partial charge on any atom is -0.425 e. The van der Waals surface area contributed by atoms with Gasteiger partial charge < -0.3 is 10.1 Å². The normalized spacial score (nSPS) is 17.9. The second-order valence-electron chi connectivity index (χ2n) is 3.91. The Labute approximate surface area is 96.4 Å². The molecule has 0 atom stereocenters. The molecular formula is C12H19N3O. The fourth-order valence-electron chi connectivity index (χ4n) is 1.61. The van der Waals surface area contributed by atoms with Crippen LogP contribution in [0.3, 0.4) is 0 Å². The van der Waals surface area contributed by atoms with Gasteiger partial charge in [-0.2, -0.15) is 0 Å². The molecule has 1 aliphatic rings. The number of nitrogens with one attached hydrogen (secondary N) is 3. The molecule has 1 aliphatic heterocycles. The summed E-state index contributed by atoms with van der Waals surface area (Å²) in [5.74, 6) is 0.407. The molecule has 0 radical (unpaired) electrons. The third-order valence-corrected chi connectivity index (χ3v) is 2.65. The van der Waals surface area contributed by atoms with Crippen molar-refractivity contribution in [2.24, 2.45) is 5.92 Å². The average molecular weight is 221 g/mol. The SMILES string of the molecule is C=C/C=C(\C)C(=N)OC(=N)C1CCNCC1. The van der Waals surface area contributed by atoms with Crippen LogP contribution >= 0.6 is 0 Å². The molecule has 1 heterocycles. The summed E-state index contributed by atoms with van der Waals surface area (Å²) < 4.78 is 5.23. The van der Waals surface area contributed by atoms with E-state index in [0.717, 1.165) is 25.9 Å². The van der Waals surface area contributed by atoms with E-state index < -0.39 is 0 Å². The van der Waals surface area contributed by atoms with E-state index in [0.29, 0.717) is 5.57 Å². The van der Waals surface area contributed by atoms with Gasteiger partial charge in [-0.3, -0.25) is 10.8 Å². The summed E-state index contributed by atoms with van der Waals surface area (Å²) in [4.78, 5) is 0. The summed E-state index contributed by atoms with van der Waals surface area (Å²) in [7, 11) is 0. The van der Waals surface area contributed by atoms with Gasteiger partial charge >= 0.3 is 0 Å². The molecule has 88 valence electrons. The molecule has 0 spiro atoms. The summed E-state index contributed by atoms with van der Waals surface area (Å²) in [6.45, 7) is 7.18. The Morgan fingerprint density at radius 3 is 2.56 bits per heavy atom. The summed E-state index contributed by atoms with van der Waals surface area (Å²) in [5.41, 5.74) is 0.689. The van der Waals surface area contributed by atoms with Crippen molar-refractivity contribution >= 4 is 11.8 Å². The van der Waals surface area contributed by atoms with Crippen molar-refractivity contribution in [2.75, 3.05) is 13.1 Å². The fourth-order valence-corrected chi connectivity index (χ4v) is 1.61. The number of allylic oxidation sites excluding steroid dienone is 2. The van der Waals surface area contributed by atoms with Gasteiger partial charge in [0.05, 0.1) is 0 Å². The molecule has 1 saturated heterocycles. The maximum Gasteiger partial charge on any atom is 0.216 e. The topological polar surface area (TPSA) is 69.0 Å². The number of rotatable bonds is 3. The van der Waals surface area contributed by atoms with Crippen LogP contribution in [0.2, 0.25) is 0 Å². The zero-order valence-corrected chi connectivity index (χ0v) is 9.68. The molecule has 1 rings (SSSR count). The van der Waals surface area contributed by atoms with Crippen molar-refractivity contribution in [3.63, 3.8) is 0 Å². The number of hydrogen-bond acceptors (Lipinski definition) is 4. The molecule has 4 nitrogen and oxygen atoms in total. The predicted octanol–water partition coefficient (Wildman–Crippen LogP) is 2.09. The number of ether oxygens (including phenoxy) is 1. The molecule has 0 unspecified atom stereocenters.